The van der Waals surface area contributed by atoms with Gasteiger partial charge in [-0.3, -0.25) is 9.10 Å². The molecule has 0 spiro atoms. The number of hydrogen-bond acceptors (Lipinski definition) is 6. The molecule has 0 bridgehead atoms. The molecule has 0 unspecified atom stereocenters. The lowest BCUT2D eigenvalue weighted by molar-refractivity contribution is -0.128. The highest BCUT2D eigenvalue weighted by atomic mass is 32.2. The van der Waals surface area contributed by atoms with Gasteiger partial charge in [0.05, 0.1) is 37.4 Å². The first kappa shape index (κ1) is 25.4. The third-order valence-electron chi connectivity index (χ3n) is 6.15. The van der Waals surface area contributed by atoms with Crippen LogP contribution in [0.5, 0.6) is 17.2 Å². The van der Waals surface area contributed by atoms with Gasteiger partial charge in [-0.05, 0) is 68.8 Å². The first-order chi connectivity index (χ1) is 17.1. The smallest absolute Gasteiger partial charge is 0.264 e. The summed E-state index contributed by atoms with van der Waals surface area (Å²) in [6, 6.07) is 16.8. The lowest BCUT2D eigenvalue weighted by Gasteiger charge is -2.35. The van der Waals surface area contributed by atoms with Gasteiger partial charge in [0.1, 0.15) is 17.2 Å². The van der Waals surface area contributed by atoms with E-state index in [-0.39, 0.29) is 11.4 Å². The van der Waals surface area contributed by atoms with Crippen LogP contribution in [-0.2, 0) is 14.8 Å². The van der Waals surface area contributed by atoms with Gasteiger partial charge in [-0.2, -0.15) is 0 Å². The Morgan fingerprint density at radius 3 is 2.36 bits per heavy atom. The molecule has 3 aromatic rings. The molecule has 1 aliphatic heterocycles. The summed E-state index contributed by atoms with van der Waals surface area (Å²) in [6.45, 7) is 5.41. The van der Waals surface area contributed by atoms with Gasteiger partial charge in [-0.15, -0.1) is 0 Å². The third-order valence-corrected chi connectivity index (χ3v) is 7.94. The Morgan fingerprint density at radius 1 is 1.00 bits per heavy atom. The number of benzene rings is 3. The number of rotatable bonds is 7. The van der Waals surface area contributed by atoms with Gasteiger partial charge in [0.25, 0.3) is 15.9 Å². The van der Waals surface area contributed by atoms with E-state index in [4.69, 9.17) is 14.2 Å². The van der Waals surface area contributed by atoms with Gasteiger partial charge in [-0.1, -0.05) is 23.8 Å². The van der Waals surface area contributed by atoms with E-state index in [1.807, 2.05) is 26.8 Å². The van der Waals surface area contributed by atoms with Crippen molar-refractivity contribution >= 4 is 21.6 Å². The van der Waals surface area contributed by atoms with Crippen molar-refractivity contribution in [2.45, 2.75) is 37.8 Å². The van der Waals surface area contributed by atoms with Crippen molar-refractivity contribution in [2.75, 3.05) is 25.1 Å². The summed E-state index contributed by atoms with van der Waals surface area (Å²) in [5, 5.41) is 2.93. The molecule has 0 fully saturated rings. The molecule has 190 valence electrons. The summed E-state index contributed by atoms with van der Waals surface area (Å²) in [5.41, 5.74) is 2.96. The van der Waals surface area contributed by atoms with Crippen LogP contribution in [0.2, 0.25) is 0 Å². The number of aryl methyl sites for hydroxylation is 2. The predicted octanol–water partition coefficient (Wildman–Crippen LogP) is 4.15. The number of nitrogens with zero attached hydrogens (tertiary/aromatic N) is 1. The summed E-state index contributed by atoms with van der Waals surface area (Å²) in [4.78, 5) is 13.5. The maximum Gasteiger partial charge on any atom is 0.264 e. The van der Waals surface area contributed by atoms with Gasteiger partial charge < -0.3 is 19.5 Å². The Balaban J connectivity index is 1.64. The lowest BCUT2D eigenvalue weighted by atomic mass is 10.1. The Hall–Kier alpha value is -3.72. The van der Waals surface area contributed by atoms with Crippen LogP contribution in [0.15, 0.2) is 65.6 Å². The predicted molar refractivity (Wildman–Crippen MR) is 137 cm³/mol. The number of carbonyl (C=O) groups excluding carboxylic acids is 1. The van der Waals surface area contributed by atoms with Crippen molar-refractivity contribution in [3.63, 3.8) is 0 Å². The Morgan fingerprint density at radius 2 is 1.69 bits per heavy atom. The van der Waals surface area contributed by atoms with E-state index in [1.54, 1.807) is 68.8 Å². The van der Waals surface area contributed by atoms with Crippen LogP contribution < -0.4 is 23.8 Å². The summed E-state index contributed by atoms with van der Waals surface area (Å²) >= 11 is 0. The first-order valence-corrected chi connectivity index (χ1v) is 13.0. The van der Waals surface area contributed by atoms with Gasteiger partial charge in [-0.25, -0.2) is 8.42 Å². The van der Waals surface area contributed by atoms with Crippen molar-refractivity contribution in [3.05, 3.63) is 77.4 Å². The van der Waals surface area contributed by atoms with E-state index in [0.29, 0.717) is 22.9 Å². The minimum atomic E-state index is -3.94. The quantitative estimate of drug-likeness (QED) is 0.513. The molecule has 8 nitrogen and oxygen atoms in total. The number of ether oxygens (including phenoxy) is 3. The van der Waals surface area contributed by atoms with E-state index in [1.165, 1.54) is 4.31 Å². The minimum absolute atomic E-state index is 0.149. The van der Waals surface area contributed by atoms with Gasteiger partial charge in [0.2, 0.25) is 0 Å². The number of hydrogen-bond donors (Lipinski definition) is 1. The monoisotopic (exact) mass is 510 g/mol. The zero-order valence-electron chi connectivity index (χ0n) is 20.9. The molecule has 4 rings (SSSR count). The zero-order valence-corrected chi connectivity index (χ0v) is 21.8. The lowest BCUT2D eigenvalue weighted by Crippen LogP contribution is -2.51. The molecule has 0 aliphatic carbocycles. The van der Waals surface area contributed by atoms with Crippen molar-refractivity contribution in [2.24, 2.45) is 0 Å². The summed E-state index contributed by atoms with van der Waals surface area (Å²) < 4.78 is 45.3. The molecule has 1 aliphatic rings. The van der Waals surface area contributed by atoms with Crippen molar-refractivity contribution in [3.8, 4) is 17.2 Å². The van der Waals surface area contributed by atoms with E-state index in [9.17, 15) is 13.2 Å². The van der Waals surface area contributed by atoms with Gasteiger partial charge >= 0.3 is 0 Å². The Labute approximate surface area is 211 Å². The molecule has 0 aromatic heterocycles. The maximum atomic E-state index is 13.6. The summed E-state index contributed by atoms with van der Waals surface area (Å²) in [6.07, 6.45) is -1.06. The molecular formula is C27H30N2O6S. The normalized spacial score (nSPS) is 15.9. The maximum absolute atomic E-state index is 13.6. The zero-order chi connectivity index (χ0) is 26.0. The molecule has 1 amide bonds. The van der Waals surface area contributed by atoms with E-state index >= 15 is 0 Å². The van der Waals surface area contributed by atoms with Crippen molar-refractivity contribution < 1.29 is 27.4 Å². The second-order valence-electron chi connectivity index (χ2n) is 8.77. The van der Waals surface area contributed by atoms with Crippen LogP contribution in [0.3, 0.4) is 0 Å². The molecule has 36 heavy (non-hydrogen) atoms. The number of sulfonamides is 1. The van der Waals surface area contributed by atoms with Crippen LogP contribution in [0, 0.1) is 13.8 Å². The van der Waals surface area contributed by atoms with Crippen LogP contribution >= 0.6 is 0 Å². The topological polar surface area (TPSA) is 94.2 Å². The number of anilines is 1. The Kier molecular flexibility index (Phi) is 7.12. The SMILES string of the molecule is COc1ccc(OC)c([C@@H](C)NC(=O)[C@@H]2CN(S(=O)(=O)c3ccc(C)cc3)c3cc(C)ccc3O2)c1. The van der Waals surface area contributed by atoms with Crippen LogP contribution in [0.25, 0.3) is 0 Å². The molecular weight excluding hydrogens is 480 g/mol. The fourth-order valence-corrected chi connectivity index (χ4v) is 5.59. The largest absolute Gasteiger partial charge is 0.497 e. The van der Waals surface area contributed by atoms with Crippen molar-refractivity contribution in [1.29, 1.82) is 0 Å². The first-order valence-electron chi connectivity index (χ1n) is 11.5. The standard InChI is InChI=1S/C27H30N2O6S/c1-17-6-10-21(11-7-17)36(31,32)29-16-26(35-25-12-8-18(2)14-23(25)29)27(30)28-19(3)22-15-20(33-4)9-13-24(22)34-5/h6-15,19,26H,16H2,1-5H3,(H,28,30)/t19-,26+/m1/s1. The Bertz CT molecular complexity index is 1370. The number of methoxy groups -OCH3 is 2. The average molecular weight is 511 g/mol. The molecule has 9 heteroatoms. The van der Waals surface area contributed by atoms with Gasteiger partial charge in [0, 0.05) is 5.56 Å². The second-order valence-corrected chi connectivity index (χ2v) is 10.6. The molecule has 0 saturated heterocycles. The van der Waals surface area contributed by atoms with Gasteiger partial charge in [0.15, 0.2) is 6.10 Å². The number of carbonyl (C=O) groups is 1. The average Bonchev–Trinajstić information content (AvgIpc) is 2.87. The molecule has 1 N–H and O–H groups in total. The van der Waals surface area contributed by atoms with E-state index in [2.05, 4.69) is 5.32 Å². The molecule has 3 aromatic carbocycles. The van der Waals surface area contributed by atoms with E-state index in [0.717, 1.165) is 16.7 Å². The van der Waals surface area contributed by atoms with Crippen LogP contribution in [-0.4, -0.2) is 41.2 Å². The molecule has 1 heterocycles. The van der Waals surface area contributed by atoms with Crippen LogP contribution in [0.1, 0.15) is 29.7 Å². The highest BCUT2D eigenvalue weighted by Gasteiger charge is 2.38. The number of nitrogens with one attached hydrogen (secondary N) is 1. The molecule has 0 radical (unpaired) electrons. The molecule has 2 atom stereocenters. The highest BCUT2D eigenvalue weighted by molar-refractivity contribution is 7.92. The number of fused-ring (bicyclic) bond motifs is 1. The van der Waals surface area contributed by atoms with Crippen molar-refractivity contribution in [1.82, 2.24) is 5.32 Å². The summed E-state index contributed by atoms with van der Waals surface area (Å²) in [7, 11) is -0.824. The van der Waals surface area contributed by atoms with E-state index < -0.39 is 28.1 Å². The molecule has 0 saturated carbocycles. The minimum Gasteiger partial charge on any atom is -0.497 e. The summed E-state index contributed by atoms with van der Waals surface area (Å²) in [5.74, 6) is 1.11. The fraction of sp³-hybridized carbons (Fsp3) is 0.296. The number of amides is 1. The fourth-order valence-electron chi connectivity index (χ4n) is 4.12. The highest BCUT2D eigenvalue weighted by Crippen LogP contribution is 2.38. The van der Waals surface area contributed by atoms with Crippen LogP contribution in [0.4, 0.5) is 5.69 Å². The second kappa shape index (κ2) is 10.1. The third kappa shape index (κ3) is 4.97.